The van der Waals surface area contributed by atoms with Crippen molar-refractivity contribution in [1.29, 1.82) is 15.8 Å². The maximum Gasteiger partial charge on any atom is 0.420 e. The molecular formula is C11H11BF5N5. The van der Waals surface area contributed by atoms with Crippen molar-refractivity contribution < 1.29 is 26.5 Å². The normalized spacial score (nSPS) is 11.5. The number of nitriles is 3. The fourth-order valence-electron chi connectivity index (χ4n) is 1.26. The first-order chi connectivity index (χ1) is 10.0. The summed E-state index contributed by atoms with van der Waals surface area (Å²) in [5.74, 6) is -4.32. The molecule has 1 heterocycles. The molecule has 11 heteroatoms. The van der Waals surface area contributed by atoms with Gasteiger partial charge in [0.1, 0.15) is 12.4 Å². The first-order valence-corrected chi connectivity index (χ1v) is 5.86. The number of aryl methyl sites for hydroxylation is 2. The van der Waals surface area contributed by atoms with Gasteiger partial charge in [-0.1, -0.05) is 0 Å². The van der Waals surface area contributed by atoms with Gasteiger partial charge in [-0.3, -0.25) is 0 Å². The summed E-state index contributed by atoms with van der Waals surface area (Å²) >= 11 is 0. The van der Waals surface area contributed by atoms with E-state index in [2.05, 4.69) is 24.0 Å². The average Bonchev–Trinajstić information content (AvgIpc) is 2.86. The molecule has 0 aliphatic rings. The van der Waals surface area contributed by atoms with Crippen LogP contribution in [0.2, 0.25) is 0 Å². The minimum atomic E-state index is -6.09. The summed E-state index contributed by atoms with van der Waals surface area (Å²) in [4.78, 5) is 0. The summed E-state index contributed by atoms with van der Waals surface area (Å²) < 4.78 is 64.2. The average molecular weight is 319 g/mol. The van der Waals surface area contributed by atoms with Crippen LogP contribution < -0.4 is 4.57 Å². The van der Waals surface area contributed by atoms with Gasteiger partial charge in [-0.2, -0.15) is 13.2 Å². The Morgan fingerprint density at radius 3 is 1.68 bits per heavy atom. The smallest absolute Gasteiger partial charge is 0.247 e. The Morgan fingerprint density at radius 1 is 1.09 bits per heavy atom. The highest BCUT2D eigenvalue weighted by Gasteiger charge is 2.67. The number of hydrogen-bond donors (Lipinski definition) is 0. The minimum absolute atomic E-state index is 0.432. The first-order valence-electron chi connectivity index (χ1n) is 5.86. The molecule has 0 aliphatic carbocycles. The van der Waals surface area contributed by atoms with Crippen LogP contribution in [-0.4, -0.2) is 22.7 Å². The van der Waals surface area contributed by atoms with Crippen molar-refractivity contribution in [1.82, 2.24) is 4.57 Å². The van der Waals surface area contributed by atoms with Crippen LogP contribution in [0.4, 0.5) is 22.0 Å². The van der Waals surface area contributed by atoms with Crippen LogP contribution in [0.25, 0.3) is 0 Å². The molecular weight excluding hydrogens is 308 g/mol. The van der Waals surface area contributed by atoms with Crippen molar-refractivity contribution in [3.63, 3.8) is 0 Å². The fraction of sp³-hybridized carbons (Fsp3) is 0.455. The molecule has 0 aromatic carbocycles. The SMILES string of the molecule is CCn1cc[n+](C)c1.N#C[B-](C#N)(C#N)C(F)(F)C(F)(F)F. The van der Waals surface area contributed by atoms with E-state index in [0.29, 0.717) is 17.9 Å². The molecule has 0 fully saturated rings. The van der Waals surface area contributed by atoms with Crippen molar-refractivity contribution >= 4 is 6.15 Å². The van der Waals surface area contributed by atoms with Gasteiger partial charge >= 0.3 is 12.3 Å². The van der Waals surface area contributed by atoms with Crippen LogP contribution in [0, 0.1) is 33.7 Å². The number of alkyl halides is 5. The second-order valence-electron chi connectivity index (χ2n) is 4.28. The molecule has 5 nitrogen and oxygen atoms in total. The van der Waals surface area contributed by atoms with Crippen LogP contribution in [0.15, 0.2) is 18.7 Å². The maximum absolute atomic E-state index is 12.5. The molecule has 0 aliphatic heterocycles. The van der Waals surface area contributed by atoms with E-state index in [1.54, 1.807) is 0 Å². The highest BCUT2D eigenvalue weighted by atomic mass is 19.4. The Hall–Kier alpha value is -2.61. The van der Waals surface area contributed by atoms with Crippen LogP contribution >= 0.6 is 0 Å². The topological polar surface area (TPSA) is 80.2 Å². The molecule has 0 atom stereocenters. The lowest BCUT2D eigenvalue weighted by Crippen LogP contribution is -2.59. The van der Waals surface area contributed by atoms with Crippen molar-refractivity contribution in [2.24, 2.45) is 7.05 Å². The lowest BCUT2D eigenvalue weighted by molar-refractivity contribution is -0.671. The summed E-state index contributed by atoms with van der Waals surface area (Å²) in [6, 6.07) is 0. The molecule has 22 heavy (non-hydrogen) atoms. The second kappa shape index (κ2) is 6.90. The molecule has 1 rings (SSSR count). The summed E-state index contributed by atoms with van der Waals surface area (Å²) in [7, 11) is 2.02. The predicted molar refractivity (Wildman–Crippen MR) is 64.9 cm³/mol. The van der Waals surface area contributed by atoms with E-state index in [0.717, 1.165) is 6.54 Å². The summed E-state index contributed by atoms with van der Waals surface area (Å²) in [5.41, 5.74) is 0. The summed E-state index contributed by atoms with van der Waals surface area (Å²) in [5, 5.41) is 24.1. The Balaban J connectivity index is 0.000000461. The van der Waals surface area contributed by atoms with E-state index in [1.165, 1.54) is 0 Å². The lowest BCUT2D eigenvalue weighted by Gasteiger charge is -2.30. The van der Waals surface area contributed by atoms with Gasteiger partial charge in [0, 0.05) is 0 Å². The van der Waals surface area contributed by atoms with Crippen molar-refractivity contribution in [3.8, 4) is 17.9 Å². The number of imidazole rings is 1. The molecule has 0 saturated heterocycles. The van der Waals surface area contributed by atoms with E-state index < -0.39 is 18.1 Å². The third-order valence-corrected chi connectivity index (χ3v) is 2.69. The third-order valence-electron chi connectivity index (χ3n) is 2.69. The number of aromatic nitrogens is 2. The van der Waals surface area contributed by atoms with E-state index in [9.17, 15) is 22.0 Å². The molecule has 1 aromatic heterocycles. The number of hydrogen-bond acceptors (Lipinski definition) is 3. The predicted octanol–water partition coefficient (Wildman–Crippen LogP) is 1.69. The third kappa shape index (κ3) is 3.73. The van der Waals surface area contributed by atoms with E-state index in [4.69, 9.17) is 15.8 Å². The monoisotopic (exact) mass is 319 g/mol. The minimum Gasteiger partial charge on any atom is -0.247 e. The fourth-order valence-corrected chi connectivity index (χ4v) is 1.26. The quantitative estimate of drug-likeness (QED) is 0.473. The molecule has 0 radical (unpaired) electrons. The van der Waals surface area contributed by atoms with Gasteiger partial charge in [0.2, 0.25) is 6.33 Å². The van der Waals surface area contributed by atoms with E-state index >= 15 is 0 Å². The zero-order chi connectivity index (χ0) is 17.6. The maximum atomic E-state index is 12.5. The molecule has 0 spiro atoms. The zero-order valence-electron chi connectivity index (χ0n) is 11.6. The molecule has 0 unspecified atom stereocenters. The first kappa shape index (κ1) is 19.4. The largest absolute Gasteiger partial charge is 0.420 e. The molecule has 118 valence electrons. The molecule has 0 amide bonds. The zero-order valence-corrected chi connectivity index (χ0v) is 11.6. The Kier molecular flexibility index (Phi) is 6.09. The van der Waals surface area contributed by atoms with Gasteiger partial charge in [-0.25, -0.2) is 33.7 Å². The molecule has 0 bridgehead atoms. The highest BCUT2D eigenvalue weighted by Crippen LogP contribution is 2.41. The van der Waals surface area contributed by atoms with Gasteiger partial charge in [-0.05, 0) is 6.92 Å². The number of nitrogens with zero attached hydrogens (tertiary/aromatic N) is 5. The van der Waals surface area contributed by atoms with Crippen LogP contribution in [0.1, 0.15) is 6.92 Å². The highest BCUT2D eigenvalue weighted by molar-refractivity contribution is 7.01. The van der Waals surface area contributed by atoms with Crippen molar-refractivity contribution in [2.45, 2.75) is 25.5 Å². The van der Waals surface area contributed by atoms with Crippen molar-refractivity contribution in [2.75, 3.05) is 0 Å². The van der Waals surface area contributed by atoms with E-state index in [1.807, 2.05) is 17.8 Å². The van der Waals surface area contributed by atoms with Gasteiger partial charge < -0.3 is 0 Å². The molecule has 0 saturated carbocycles. The Bertz CT molecular complexity index is 595. The molecule has 0 N–H and O–H groups in total. The molecule has 1 aromatic rings. The number of halogens is 5. The van der Waals surface area contributed by atoms with Gasteiger partial charge in [0.15, 0.2) is 0 Å². The lowest BCUT2D eigenvalue weighted by atomic mass is 9.24. The summed E-state index contributed by atoms with van der Waals surface area (Å²) in [6.45, 7) is 3.18. The van der Waals surface area contributed by atoms with Gasteiger partial charge in [0.05, 0.1) is 13.6 Å². The van der Waals surface area contributed by atoms with Crippen molar-refractivity contribution in [3.05, 3.63) is 18.7 Å². The Morgan fingerprint density at radius 2 is 1.55 bits per heavy atom. The Labute approximate surface area is 123 Å². The summed E-state index contributed by atoms with van der Waals surface area (Å²) in [6.07, 6.45) is -4.70. The van der Waals surface area contributed by atoms with Crippen LogP contribution in [0.3, 0.4) is 0 Å². The van der Waals surface area contributed by atoms with Crippen LogP contribution in [0.5, 0.6) is 0 Å². The number of rotatable bonds is 2. The van der Waals surface area contributed by atoms with Gasteiger partial charge in [-0.15, -0.1) is 17.9 Å². The van der Waals surface area contributed by atoms with E-state index in [-0.39, 0.29) is 0 Å². The van der Waals surface area contributed by atoms with Crippen LogP contribution in [-0.2, 0) is 13.6 Å². The second-order valence-corrected chi connectivity index (χ2v) is 4.28. The standard InChI is InChI=1S/C6H11N2.C5BF5N3/c1-3-8-5-4-7(2)6-8;7-4(8,5(9,10)11)6(1-12,2-13)3-14/h4-6H,3H2,1-2H3;/q+1;-1. The van der Waals surface area contributed by atoms with Gasteiger partial charge in [0.25, 0.3) is 5.82 Å².